The zero-order chi connectivity index (χ0) is 63.9. The Morgan fingerprint density at radius 2 is 0.458 bits per heavy atom. The highest BCUT2D eigenvalue weighted by Gasteiger charge is 2.53. The molecule has 4 heterocycles. The van der Waals surface area contributed by atoms with E-state index >= 15 is 0 Å². The zero-order valence-electron chi connectivity index (χ0n) is 52.1. The number of carbonyl (C=O) groups is 2. The van der Waals surface area contributed by atoms with Crippen molar-refractivity contribution >= 4 is 90.1 Å². The number of ketones is 2. The van der Waals surface area contributed by atoms with E-state index in [9.17, 15) is 9.59 Å². The third-order valence-electron chi connectivity index (χ3n) is 18.8. The summed E-state index contributed by atoms with van der Waals surface area (Å²) in [6.45, 7) is 0. The smallest absolute Gasteiger partial charge is 0.193 e. The van der Waals surface area contributed by atoms with Crippen molar-refractivity contribution in [2.24, 2.45) is 0 Å². The Kier molecular flexibility index (Phi) is 16.0. The molecule has 4 aliphatic rings. The van der Waals surface area contributed by atoms with Crippen molar-refractivity contribution < 1.29 is 14.3 Å². The van der Waals surface area contributed by atoms with Gasteiger partial charge >= 0.3 is 0 Å². The van der Waals surface area contributed by atoms with Crippen molar-refractivity contribution in [3.8, 4) is 0 Å². The third kappa shape index (κ3) is 10.0. The van der Waals surface area contributed by atoms with Gasteiger partial charge in [-0.2, -0.15) is 0 Å². The molecule has 0 bridgehead atoms. The van der Waals surface area contributed by atoms with E-state index in [4.69, 9.17) is 0 Å². The monoisotopic (exact) mass is 1300 g/mol. The summed E-state index contributed by atoms with van der Waals surface area (Å²) in [5.41, 5.74) is 24.6. The summed E-state index contributed by atoms with van der Waals surface area (Å²) in [5.74, 6) is 0.0806. The van der Waals surface area contributed by atoms with Gasteiger partial charge in [0.1, 0.15) is 0 Å². The molecule has 6 nitrogen and oxygen atoms in total. The van der Waals surface area contributed by atoms with E-state index in [0.717, 1.165) is 44.2 Å². The lowest BCUT2D eigenvalue weighted by atomic mass is 9.60. The van der Waals surface area contributed by atoms with Crippen LogP contribution in [0.3, 0.4) is 0 Å². The molecule has 0 unspecified atom stereocenters. The number of nitrogens with zero attached hydrogens (tertiary/aromatic N) is 3. The van der Waals surface area contributed by atoms with E-state index in [1.54, 1.807) is 0 Å². The summed E-state index contributed by atoms with van der Waals surface area (Å²) in [6.07, 6.45) is 0. The van der Waals surface area contributed by atoms with Gasteiger partial charge in [-0.1, -0.05) is 259 Å². The number of para-hydroxylation sites is 10. The fourth-order valence-electron chi connectivity index (χ4n) is 14.9. The van der Waals surface area contributed by atoms with Crippen molar-refractivity contribution in [3.05, 3.63) is 435 Å². The fraction of sp³-hybridized carbons (Fsp3) is 0.0227. The molecule has 4 aliphatic heterocycles. The molecule has 0 aromatic heterocycles. The molecular weight excluding hydrogens is 1240 g/mol. The Bertz CT molecular complexity index is 4990. The third-order valence-corrected chi connectivity index (χ3v) is 19.3. The van der Waals surface area contributed by atoms with Crippen LogP contribution in [-0.4, -0.2) is 11.6 Å². The van der Waals surface area contributed by atoms with Gasteiger partial charge in [-0.05, 0) is 166 Å². The second-order valence-corrected chi connectivity index (χ2v) is 24.9. The number of rotatable bonds is 7. The van der Waals surface area contributed by atoms with E-state index in [1.807, 2.05) is 97.1 Å². The van der Waals surface area contributed by atoms with Crippen LogP contribution >= 0.6 is 15.9 Å². The van der Waals surface area contributed by atoms with Crippen LogP contribution in [0.1, 0.15) is 76.4 Å². The minimum atomic E-state index is -0.564. The minimum absolute atomic E-state index is 0. The van der Waals surface area contributed by atoms with E-state index in [0.29, 0.717) is 16.7 Å². The molecule has 0 fully saturated rings. The largest absolute Gasteiger partial charge is 0.355 e. The first kappa shape index (κ1) is 60.3. The molecule has 18 rings (SSSR count). The Labute approximate surface area is 566 Å². The molecule has 0 saturated carbocycles. The normalized spacial score (nSPS) is 13.2. The molecule has 0 amide bonds. The van der Waals surface area contributed by atoms with E-state index < -0.39 is 10.8 Å². The lowest BCUT2D eigenvalue weighted by Gasteiger charge is -2.51. The number of benzene rings is 14. The molecule has 14 aromatic carbocycles. The quantitative estimate of drug-likeness (QED) is 0.161. The molecule has 0 atom stereocenters. The molecule has 14 aromatic rings. The number of anilines is 11. The first-order valence-corrected chi connectivity index (χ1v) is 32.8. The highest BCUT2D eigenvalue weighted by Crippen LogP contribution is 2.65. The van der Waals surface area contributed by atoms with Crippen molar-refractivity contribution in [2.45, 2.75) is 10.8 Å². The zero-order valence-corrected chi connectivity index (χ0v) is 53.7. The summed E-state index contributed by atoms with van der Waals surface area (Å²) in [5, 5.41) is 3.70. The maximum absolute atomic E-state index is 13.3. The average molecular weight is 1310 g/mol. The highest BCUT2D eigenvalue weighted by atomic mass is 79.9. The van der Waals surface area contributed by atoms with Gasteiger partial charge in [-0.15, -0.1) is 0 Å². The topological polar surface area (TPSA) is 55.9 Å². The molecule has 8 heteroatoms. The number of nitrogens with one attached hydrogen (secondary N) is 1. The first-order chi connectivity index (χ1) is 46.9. The summed E-state index contributed by atoms with van der Waals surface area (Å²) in [4.78, 5) is 32.4. The number of halogens is 2. The van der Waals surface area contributed by atoms with Crippen LogP contribution in [0, 0.1) is 0 Å². The lowest BCUT2D eigenvalue weighted by molar-refractivity contribution is 0.103. The summed E-state index contributed by atoms with van der Waals surface area (Å²) in [6, 6.07) is 126. The second kappa shape index (κ2) is 25.5. The Morgan fingerprint density at radius 3 is 0.771 bits per heavy atom. The van der Waals surface area contributed by atoms with Gasteiger partial charge in [-0.25, -0.2) is 0 Å². The lowest BCUT2D eigenvalue weighted by Crippen LogP contribution is -2.41. The van der Waals surface area contributed by atoms with Gasteiger partial charge in [0.2, 0.25) is 0 Å². The average Bonchev–Trinajstić information content (AvgIpc) is 0.686. The number of hydrogen-bond acceptors (Lipinski definition) is 6. The molecule has 2 spiro atoms. The molecule has 460 valence electrons. The maximum Gasteiger partial charge on any atom is 0.193 e. The molecular formula is C88H62BrFN4O2. The van der Waals surface area contributed by atoms with Crippen molar-refractivity contribution in [1.82, 2.24) is 0 Å². The molecule has 96 heavy (non-hydrogen) atoms. The standard InChI is InChI=1S/C44H30N2O.C31H22N2.C13H9BrO.FH/c47-43(31-15-3-1-4-16-31)32-27-29-34(30-28-32)46-41-25-13-9-21-37(41)44(38-22-10-14-26-42(38)46)35-19-7-11-23-39(35)45(33-17-5-2-6-18-33)40-24-12-8-20-36(40)44;1-2-12-22(13-3-1)33-29-20-10-6-16-25(29)31(26-17-7-11-21-30(26)33)23-14-4-8-18-27(23)32-28-19-9-5-15-24(28)31;14-12-8-6-11(7-9-12)13(15)10-4-2-1-3-5-10;/h1-30H;1-21,32H;1-9H;1H. The van der Waals surface area contributed by atoms with Crippen LogP contribution in [-0.2, 0) is 10.8 Å². The van der Waals surface area contributed by atoms with Crippen LogP contribution in [0.25, 0.3) is 0 Å². The van der Waals surface area contributed by atoms with Gasteiger partial charge in [0.15, 0.2) is 11.6 Å². The second-order valence-electron chi connectivity index (χ2n) is 23.9. The van der Waals surface area contributed by atoms with Gasteiger partial charge in [0, 0.05) is 55.2 Å². The predicted octanol–water partition coefficient (Wildman–Crippen LogP) is 22.6. The van der Waals surface area contributed by atoms with E-state index in [2.05, 4.69) is 303 Å². The van der Waals surface area contributed by atoms with E-state index in [1.165, 1.54) is 72.9 Å². The highest BCUT2D eigenvalue weighted by molar-refractivity contribution is 9.10. The van der Waals surface area contributed by atoms with Crippen LogP contribution in [0.5, 0.6) is 0 Å². The fourth-order valence-corrected chi connectivity index (χ4v) is 15.2. The van der Waals surface area contributed by atoms with Crippen LogP contribution in [0.4, 0.5) is 67.3 Å². The Balaban J connectivity index is 0.000000133. The van der Waals surface area contributed by atoms with Crippen LogP contribution in [0.2, 0.25) is 0 Å². The Hall–Kier alpha value is -12.0. The Morgan fingerprint density at radius 1 is 0.240 bits per heavy atom. The van der Waals surface area contributed by atoms with Gasteiger partial charge < -0.3 is 20.0 Å². The summed E-state index contributed by atoms with van der Waals surface area (Å²) < 4.78 is 0.979. The number of carbonyl (C=O) groups excluding carboxylic acids is 2. The van der Waals surface area contributed by atoms with Crippen molar-refractivity contribution in [1.29, 1.82) is 0 Å². The van der Waals surface area contributed by atoms with Crippen LogP contribution < -0.4 is 20.0 Å². The molecule has 0 aliphatic carbocycles. The molecule has 0 radical (unpaired) electrons. The maximum atomic E-state index is 13.3. The molecule has 1 N–H and O–H groups in total. The van der Waals surface area contributed by atoms with E-state index in [-0.39, 0.29) is 16.3 Å². The molecule has 0 saturated heterocycles. The van der Waals surface area contributed by atoms with Gasteiger partial charge in [-0.3, -0.25) is 14.3 Å². The summed E-state index contributed by atoms with van der Waals surface area (Å²) in [7, 11) is 0. The van der Waals surface area contributed by atoms with Crippen molar-refractivity contribution in [2.75, 3.05) is 20.0 Å². The number of hydrogen-bond donors (Lipinski definition) is 1. The SMILES string of the molecule is F.O=C(c1ccccc1)c1ccc(Br)cc1.O=C(c1ccccc1)c1ccc(N2c3ccccc3C3(c4ccccc4N(c4ccccc4)c4ccccc43)c3ccccc32)cc1.c1ccc(N2c3ccccc3C3(c4ccccc4Nc4ccccc43)c3ccccc32)cc1. The minimum Gasteiger partial charge on any atom is -0.355 e. The van der Waals surface area contributed by atoms with Crippen LogP contribution in [0.15, 0.2) is 368 Å². The first-order valence-electron chi connectivity index (χ1n) is 32.0. The van der Waals surface area contributed by atoms with Gasteiger partial charge in [0.05, 0.1) is 45.0 Å². The van der Waals surface area contributed by atoms with Crippen molar-refractivity contribution in [3.63, 3.8) is 0 Å². The predicted molar refractivity (Wildman–Crippen MR) is 394 cm³/mol. The number of fused-ring (bicyclic) bond motifs is 16. The van der Waals surface area contributed by atoms with Gasteiger partial charge in [0.25, 0.3) is 0 Å². The summed E-state index contributed by atoms with van der Waals surface area (Å²) >= 11 is 3.34.